The molecule has 0 saturated carbocycles. The molecule has 0 aliphatic carbocycles. The summed E-state index contributed by atoms with van der Waals surface area (Å²) in [6, 6.07) is 13.3. The number of aromatic nitrogens is 1. The third-order valence-corrected chi connectivity index (χ3v) is 3.02. The highest BCUT2D eigenvalue weighted by Crippen LogP contribution is 2.22. The highest BCUT2D eigenvalue weighted by molar-refractivity contribution is 6.19. The first kappa shape index (κ1) is 11.6. The number of amides is 1. The minimum absolute atomic E-state index is 0.0122. The van der Waals surface area contributed by atoms with Gasteiger partial charge in [0.05, 0.1) is 17.8 Å². The van der Waals surface area contributed by atoms with E-state index in [1.165, 1.54) is 5.01 Å². The molecular formula is C15H13N3O. The number of hydrogen-bond acceptors (Lipinski definition) is 3. The maximum Gasteiger partial charge on any atom is 0.253 e. The average Bonchev–Trinajstić information content (AvgIpc) is 2.83. The molecule has 4 nitrogen and oxygen atoms in total. The number of hydrogen-bond donors (Lipinski definition) is 0. The number of para-hydroxylation sites is 1. The van der Waals surface area contributed by atoms with Crippen molar-refractivity contribution in [2.24, 2.45) is 5.10 Å². The van der Waals surface area contributed by atoms with Crippen LogP contribution in [0.1, 0.15) is 17.7 Å². The van der Waals surface area contributed by atoms with E-state index < -0.39 is 0 Å². The minimum atomic E-state index is -0.0122. The van der Waals surface area contributed by atoms with Crippen LogP contribution in [0.3, 0.4) is 0 Å². The van der Waals surface area contributed by atoms with Gasteiger partial charge in [-0.05, 0) is 31.2 Å². The van der Waals surface area contributed by atoms with Gasteiger partial charge in [-0.1, -0.05) is 18.2 Å². The standard InChI is InChI=1S/C15H13N3O/c1-11-7-8-12(10-16-11)14-9-15(19)18(17-14)13-5-3-2-4-6-13/h2-8,10H,9H2,1H3. The molecule has 3 rings (SSSR count). The number of aryl methyl sites for hydroxylation is 1. The summed E-state index contributed by atoms with van der Waals surface area (Å²) < 4.78 is 0. The van der Waals surface area contributed by atoms with E-state index in [2.05, 4.69) is 10.1 Å². The van der Waals surface area contributed by atoms with E-state index in [1.54, 1.807) is 6.20 Å². The molecule has 0 N–H and O–H groups in total. The van der Waals surface area contributed by atoms with Crippen molar-refractivity contribution < 1.29 is 4.79 Å². The molecule has 0 fully saturated rings. The molecule has 0 bridgehead atoms. The maximum atomic E-state index is 12.0. The van der Waals surface area contributed by atoms with Gasteiger partial charge in [-0.3, -0.25) is 9.78 Å². The second-order valence-electron chi connectivity index (χ2n) is 4.45. The predicted molar refractivity (Wildman–Crippen MR) is 74.1 cm³/mol. The molecule has 2 heterocycles. The maximum absolute atomic E-state index is 12.0. The van der Waals surface area contributed by atoms with Gasteiger partial charge in [0.15, 0.2) is 0 Å². The fraction of sp³-hybridized carbons (Fsp3) is 0.133. The summed E-state index contributed by atoms with van der Waals surface area (Å²) in [5.74, 6) is -0.0122. The van der Waals surface area contributed by atoms with Crippen molar-refractivity contribution in [1.29, 1.82) is 0 Å². The molecule has 4 heteroatoms. The lowest BCUT2D eigenvalue weighted by Gasteiger charge is -2.10. The minimum Gasteiger partial charge on any atom is -0.272 e. The third kappa shape index (κ3) is 2.25. The summed E-state index contributed by atoms with van der Waals surface area (Å²) in [4.78, 5) is 16.3. The Labute approximate surface area is 111 Å². The zero-order valence-corrected chi connectivity index (χ0v) is 10.6. The average molecular weight is 251 g/mol. The van der Waals surface area contributed by atoms with E-state index in [-0.39, 0.29) is 5.91 Å². The molecule has 1 aliphatic heterocycles. The number of pyridine rings is 1. The Balaban J connectivity index is 1.93. The second kappa shape index (κ2) is 4.65. The Morgan fingerprint density at radius 2 is 1.89 bits per heavy atom. The van der Waals surface area contributed by atoms with Gasteiger partial charge in [0.2, 0.25) is 0 Å². The quantitative estimate of drug-likeness (QED) is 0.823. The number of carbonyl (C=O) groups is 1. The van der Waals surface area contributed by atoms with Gasteiger partial charge in [-0.15, -0.1) is 0 Å². The molecule has 94 valence electrons. The Bertz CT molecular complexity index is 632. The summed E-state index contributed by atoms with van der Waals surface area (Å²) in [6.45, 7) is 1.93. The first-order chi connectivity index (χ1) is 9.24. The van der Waals surface area contributed by atoms with Gasteiger partial charge in [-0.25, -0.2) is 5.01 Å². The molecule has 0 atom stereocenters. The van der Waals surface area contributed by atoms with Crippen molar-refractivity contribution in [1.82, 2.24) is 4.98 Å². The van der Waals surface area contributed by atoms with E-state index in [4.69, 9.17) is 0 Å². The summed E-state index contributed by atoms with van der Waals surface area (Å²) >= 11 is 0. The first-order valence-corrected chi connectivity index (χ1v) is 6.12. The van der Waals surface area contributed by atoms with Crippen LogP contribution >= 0.6 is 0 Å². The van der Waals surface area contributed by atoms with Crippen LogP contribution in [0.4, 0.5) is 5.69 Å². The van der Waals surface area contributed by atoms with E-state index in [0.29, 0.717) is 6.42 Å². The molecule has 1 amide bonds. The van der Waals surface area contributed by atoms with Gasteiger partial charge in [0.25, 0.3) is 5.91 Å². The highest BCUT2D eigenvalue weighted by atomic mass is 16.2. The van der Waals surface area contributed by atoms with Crippen LogP contribution in [0, 0.1) is 6.92 Å². The largest absolute Gasteiger partial charge is 0.272 e. The number of benzene rings is 1. The number of anilines is 1. The molecule has 0 radical (unpaired) electrons. The SMILES string of the molecule is Cc1ccc(C2=NN(c3ccccc3)C(=O)C2)cn1. The molecule has 1 aromatic heterocycles. The Kier molecular flexibility index (Phi) is 2.83. The van der Waals surface area contributed by atoms with E-state index >= 15 is 0 Å². The van der Waals surface area contributed by atoms with Gasteiger partial charge in [0.1, 0.15) is 0 Å². The monoisotopic (exact) mass is 251 g/mol. The van der Waals surface area contributed by atoms with Crippen LogP contribution in [0.25, 0.3) is 0 Å². The van der Waals surface area contributed by atoms with Crippen molar-refractivity contribution in [2.45, 2.75) is 13.3 Å². The topological polar surface area (TPSA) is 45.6 Å². The van der Waals surface area contributed by atoms with Gasteiger partial charge in [-0.2, -0.15) is 5.10 Å². The lowest BCUT2D eigenvalue weighted by molar-refractivity contribution is -0.116. The summed E-state index contributed by atoms with van der Waals surface area (Å²) in [5, 5.41) is 5.85. The number of carbonyl (C=O) groups excluding carboxylic acids is 1. The second-order valence-corrected chi connectivity index (χ2v) is 4.45. The van der Waals surface area contributed by atoms with Crippen molar-refractivity contribution in [2.75, 3.05) is 5.01 Å². The molecule has 0 unspecified atom stereocenters. The zero-order valence-electron chi connectivity index (χ0n) is 10.6. The van der Waals surface area contributed by atoms with Crippen molar-refractivity contribution in [3.63, 3.8) is 0 Å². The van der Waals surface area contributed by atoms with E-state index in [9.17, 15) is 4.79 Å². The Morgan fingerprint density at radius 3 is 2.58 bits per heavy atom. The molecule has 2 aromatic rings. The molecule has 19 heavy (non-hydrogen) atoms. The Morgan fingerprint density at radius 1 is 1.11 bits per heavy atom. The zero-order chi connectivity index (χ0) is 13.2. The van der Waals surface area contributed by atoms with Gasteiger partial charge in [0, 0.05) is 17.5 Å². The van der Waals surface area contributed by atoms with Gasteiger partial charge < -0.3 is 0 Å². The fourth-order valence-electron chi connectivity index (χ4n) is 2.00. The first-order valence-electron chi connectivity index (χ1n) is 6.12. The molecule has 1 aliphatic rings. The predicted octanol–water partition coefficient (Wildman–Crippen LogP) is 2.53. The van der Waals surface area contributed by atoms with Gasteiger partial charge >= 0.3 is 0 Å². The van der Waals surface area contributed by atoms with Crippen LogP contribution in [0.15, 0.2) is 53.8 Å². The fourth-order valence-corrected chi connectivity index (χ4v) is 2.00. The van der Waals surface area contributed by atoms with Crippen molar-refractivity contribution in [3.05, 3.63) is 59.9 Å². The normalized spacial score (nSPS) is 14.7. The number of rotatable bonds is 2. The number of nitrogens with zero attached hydrogens (tertiary/aromatic N) is 3. The molecule has 0 saturated heterocycles. The van der Waals surface area contributed by atoms with Crippen LogP contribution in [-0.2, 0) is 4.79 Å². The molecule has 0 spiro atoms. The number of hydrazone groups is 1. The van der Waals surface area contributed by atoms with Crippen LogP contribution < -0.4 is 5.01 Å². The third-order valence-electron chi connectivity index (χ3n) is 3.02. The smallest absolute Gasteiger partial charge is 0.253 e. The highest BCUT2D eigenvalue weighted by Gasteiger charge is 2.25. The van der Waals surface area contributed by atoms with E-state index in [0.717, 1.165) is 22.7 Å². The van der Waals surface area contributed by atoms with E-state index in [1.807, 2.05) is 49.4 Å². The van der Waals surface area contributed by atoms with Crippen LogP contribution in [0.5, 0.6) is 0 Å². The Hall–Kier alpha value is -2.49. The summed E-state index contributed by atoms with van der Waals surface area (Å²) in [6.07, 6.45) is 2.08. The molecule has 1 aromatic carbocycles. The van der Waals surface area contributed by atoms with Crippen LogP contribution in [-0.4, -0.2) is 16.6 Å². The summed E-state index contributed by atoms with van der Waals surface area (Å²) in [5.41, 5.74) is 3.41. The lowest BCUT2D eigenvalue weighted by Crippen LogP contribution is -2.19. The lowest BCUT2D eigenvalue weighted by atomic mass is 10.1. The molecular weight excluding hydrogens is 238 g/mol. The summed E-state index contributed by atoms with van der Waals surface area (Å²) in [7, 11) is 0. The van der Waals surface area contributed by atoms with Crippen LogP contribution in [0.2, 0.25) is 0 Å². The van der Waals surface area contributed by atoms with Crippen molar-refractivity contribution >= 4 is 17.3 Å². The van der Waals surface area contributed by atoms with Crippen molar-refractivity contribution in [3.8, 4) is 0 Å².